The largest absolute Gasteiger partial charge is 0.306 e. The average molecular weight is 484 g/mol. The maximum absolute atomic E-state index is 13.0. The molecular formula is C20H13IN4O3. The predicted molar refractivity (Wildman–Crippen MR) is 114 cm³/mol. The van der Waals surface area contributed by atoms with Crippen LogP contribution in [0, 0.1) is 13.7 Å². The highest BCUT2D eigenvalue weighted by molar-refractivity contribution is 14.1. The van der Waals surface area contributed by atoms with E-state index in [0.29, 0.717) is 20.7 Å². The zero-order valence-corrected chi connectivity index (χ0v) is 16.5. The first kappa shape index (κ1) is 18.1. The van der Waals surface area contributed by atoms with Crippen molar-refractivity contribution in [1.29, 1.82) is 0 Å². The monoisotopic (exact) mass is 484 g/mol. The highest BCUT2D eigenvalue weighted by Gasteiger charge is 2.20. The van der Waals surface area contributed by atoms with E-state index < -0.39 is 10.8 Å². The van der Waals surface area contributed by atoms with Gasteiger partial charge in [0, 0.05) is 27.5 Å². The lowest BCUT2D eigenvalue weighted by Gasteiger charge is -2.09. The first-order chi connectivity index (χ1) is 13.5. The van der Waals surface area contributed by atoms with Crippen LogP contribution in [0.15, 0.2) is 72.9 Å². The summed E-state index contributed by atoms with van der Waals surface area (Å²) >= 11 is 1.99. The number of benzene rings is 2. The second kappa shape index (κ2) is 7.39. The number of pyridine rings is 1. The van der Waals surface area contributed by atoms with Crippen molar-refractivity contribution in [2.75, 3.05) is 5.32 Å². The highest BCUT2D eigenvalue weighted by Crippen LogP contribution is 2.29. The maximum atomic E-state index is 13.0. The van der Waals surface area contributed by atoms with E-state index in [-0.39, 0.29) is 11.3 Å². The van der Waals surface area contributed by atoms with E-state index >= 15 is 0 Å². The smallest absolute Gasteiger partial charge is 0.270 e. The normalized spacial score (nSPS) is 10.8. The standard InChI is InChI=1S/C20H13IN4O3/c21-16-10-9-14(25(27)28)12-15(16)20(26)23-19-18(13-6-2-1-3-7-13)22-17-8-4-5-11-24(17)19/h1-12H,(H,23,26). The van der Waals surface area contributed by atoms with Crippen LogP contribution in [0.1, 0.15) is 10.4 Å². The molecule has 2 heterocycles. The van der Waals surface area contributed by atoms with Gasteiger partial charge >= 0.3 is 0 Å². The van der Waals surface area contributed by atoms with Crippen molar-refractivity contribution < 1.29 is 9.72 Å². The Balaban J connectivity index is 1.81. The number of imidazole rings is 1. The molecule has 0 radical (unpaired) electrons. The number of halogens is 1. The molecule has 0 bridgehead atoms. The van der Waals surface area contributed by atoms with Gasteiger partial charge in [0.25, 0.3) is 11.6 Å². The number of anilines is 1. The summed E-state index contributed by atoms with van der Waals surface area (Å²) in [6.45, 7) is 0. The Morgan fingerprint density at radius 2 is 1.82 bits per heavy atom. The number of fused-ring (bicyclic) bond motifs is 1. The van der Waals surface area contributed by atoms with E-state index in [2.05, 4.69) is 10.3 Å². The van der Waals surface area contributed by atoms with E-state index in [1.165, 1.54) is 12.1 Å². The second-order valence-electron chi connectivity index (χ2n) is 5.98. The van der Waals surface area contributed by atoms with E-state index in [1.807, 2.05) is 77.3 Å². The SMILES string of the molecule is O=C(Nc1c(-c2ccccc2)nc2ccccn12)c1cc([N+](=O)[O-])ccc1I. The van der Waals surface area contributed by atoms with Gasteiger partial charge in [-0.2, -0.15) is 0 Å². The number of nitrogens with zero attached hydrogens (tertiary/aromatic N) is 3. The summed E-state index contributed by atoms with van der Waals surface area (Å²) in [5, 5.41) is 14.0. The molecule has 0 spiro atoms. The van der Waals surface area contributed by atoms with Crippen LogP contribution in [0.2, 0.25) is 0 Å². The van der Waals surface area contributed by atoms with Gasteiger partial charge in [-0.1, -0.05) is 36.4 Å². The van der Waals surface area contributed by atoms with Crippen LogP contribution in [-0.4, -0.2) is 20.2 Å². The molecule has 0 aliphatic rings. The van der Waals surface area contributed by atoms with Crippen molar-refractivity contribution in [2.45, 2.75) is 0 Å². The fourth-order valence-electron chi connectivity index (χ4n) is 2.89. The predicted octanol–water partition coefficient (Wildman–Crippen LogP) is 4.77. The molecule has 0 saturated carbocycles. The van der Waals surface area contributed by atoms with Crippen LogP contribution in [0.3, 0.4) is 0 Å². The van der Waals surface area contributed by atoms with Gasteiger partial charge in [0.15, 0.2) is 0 Å². The minimum Gasteiger partial charge on any atom is -0.306 e. The third kappa shape index (κ3) is 3.33. The quantitative estimate of drug-likeness (QED) is 0.257. The Hall–Kier alpha value is -3.27. The lowest BCUT2D eigenvalue weighted by molar-refractivity contribution is -0.384. The number of non-ortho nitro benzene ring substituents is 1. The minimum atomic E-state index is -0.517. The molecule has 4 aromatic rings. The summed E-state index contributed by atoms with van der Waals surface area (Å²) in [6, 6.07) is 19.3. The molecule has 0 atom stereocenters. The molecule has 0 aliphatic heterocycles. The van der Waals surface area contributed by atoms with E-state index in [0.717, 1.165) is 5.56 Å². The van der Waals surface area contributed by atoms with Gasteiger partial charge in [-0.15, -0.1) is 0 Å². The number of hydrogen-bond donors (Lipinski definition) is 1. The molecule has 1 N–H and O–H groups in total. The molecule has 2 aromatic carbocycles. The zero-order valence-electron chi connectivity index (χ0n) is 14.4. The number of carbonyl (C=O) groups is 1. The highest BCUT2D eigenvalue weighted by atomic mass is 127. The number of carbonyl (C=O) groups excluding carboxylic acids is 1. The van der Waals surface area contributed by atoms with Crippen molar-refractivity contribution in [3.05, 3.63) is 92.2 Å². The molecule has 7 nitrogen and oxygen atoms in total. The third-order valence-electron chi connectivity index (χ3n) is 4.21. The van der Waals surface area contributed by atoms with E-state index in [9.17, 15) is 14.9 Å². The van der Waals surface area contributed by atoms with Crippen molar-refractivity contribution >= 4 is 45.7 Å². The van der Waals surface area contributed by atoms with Crippen molar-refractivity contribution in [3.63, 3.8) is 0 Å². The summed E-state index contributed by atoms with van der Waals surface area (Å²) in [6.07, 6.45) is 1.81. The fraction of sp³-hybridized carbons (Fsp3) is 0. The molecule has 4 rings (SSSR count). The molecule has 1 amide bonds. The van der Waals surface area contributed by atoms with Gasteiger partial charge < -0.3 is 5.32 Å². The molecule has 0 fully saturated rings. The fourth-order valence-corrected chi connectivity index (χ4v) is 3.47. The van der Waals surface area contributed by atoms with Crippen LogP contribution in [0.4, 0.5) is 11.5 Å². The molecule has 0 saturated heterocycles. The second-order valence-corrected chi connectivity index (χ2v) is 7.14. The van der Waals surface area contributed by atoms with Crippen molar-refractivity contribution in [3.8, 4) is 11.3 Å². The number of nitro benzene ring substituents is 1. The molecule has 0 aliphatic carbocycles. The molecular weight excluding hydrogens is 471 g/mol. The van der Waals surface area contributed by atoms with E-state index in [4.69, 9.17) is 0 Å². The number of nitrogens with one attached hydrogen (secondary N) is 1. The van der Waals surface area contributed by atoms with E-state index in [1.54, 1.807) is 10.5 Å². The van der Waals surface area contributed by atoms with Gasteiger partial charge in [-0.25, -0.2) is 4.98 Å². The summed E-state index contributed by atoms with van der Waals surface area (Å²) in [4.78, 5) is 28.1. The van der Waals surface area contributed by atoms with Gasteiger partial charge in [0.2, 0.25) is 0 Å². The summed E-state index contributed by atoms with van der Waals surface area (Å²) in [5.41, 5.74) is 2.27. The number of rotatable bonds is 4. The Bertz CT molecular complexity index is 1200. The van der Waals surface area contributed by atoms with Crippen molar-refractivity contribution in [2.24, 2.45) is 0 Å². The van der Waals surface area contributed by atoms with Crippen LogP contribution < -0.4 is 5.32 Å². The Morgan fingerprint density at radius 3 is 2.57 bits per heavy atom. The summed E-state index contributed by atoms with van der Waals surface area (Å²) in [7, 11) is 0. The van der Waals surface area contributed by atoms with Crippen LogP contribution in [0.5, 0.6) is 0 Å². The zero-order chi connectivity index (χ0) is 19.7. The van der Waals surface area contributed by atoms with Gasteiger partial charge in [-0.05, 0) is 40.8 Å². The number of aromatic nitrogens is 2. The summed E-state index contributed by atoms with van der Waals surface area (Å²) in [5.74, 6) is 0.0741. The van der Waals surface area contributed by atoms with Crippen LogP contribution in [-0.2, 0) is 0 Å². The summed E-state index contributed by atoms with van der Waals surface area (Å²) < 4.78 is 2.40. The Kier molecular flexibility index (Phi) is 4.78. The molecule has 0 unspecified atom stereocenters. The topological polar surface area (TPSA) is 89.5 Å². The van der Waals surface area contributed by atoms with Gasteiger partial charge in [0.1, 0.15) is 17.2 Å². The lowest BCUT2D eigenvalue weighted by atomic mass is 10.1. The number of amides is 1. The first-order valence-corrected chi connectivity index (χ1v) is 9.40. The lowest BCUT2D eigenvalue weighted by Crippen LogP contribution is -2.15. The maximum Gasteiger partial charge on any atom is 0.270 e. The van der Waals surface area contributed by atoms with Crippen LogP contribution in [0.25, 0.3) is 16.9 Å². The molecule has 2 aromatic heterocycles. The van der Waals surface area contributed by atoms with Gasteiger partial charge in [-0.3, -0.25) is 19.3 Å². The molecule has 8 heteroatoms. The minimum absolute atomic E-state index is 0.132. The average Bonchev–Trinajstić information content (AvgIpc) is 3.07. The van der Waals surface area contributed by atoms with Crippen LogP contribution >= 0.6 is 22.6 Å². The first-order valence-electron chi connectivity index (χ1n) is 8.32. The number of hydrogen-bond acceptors (Lipinski definition) is 4. The molecule has 138 valence electrons. The Labute approximate surface area is 173 Å². The third-order valence-corrected chi connectivity index (χ3v) is 5.16. The molecule has 28 heavy (non-hydrogen) atoms. The van der Waals surface area contributed by atoms with Gasteiger partial charge in [0.05, 0.1) is 10.5 Å². The van der Waals surface area contributed by atoms with Crippen molar-refractivity contribution in [1.82, 2.24) is 9.38 Å². The Morgan fingerprint density at radius 1 is 1.07 bits per heavy atom. The number of nitro groups is 1.